The Morgan fingerprint density at radius 2 is 1.88 bits per heavy atom. The zero-order valence-corrected chi connectivity index (χ0v) is 19.3. The minimum Gasteiger partial charge on any atom is -0.497 e. The van der Waals surface area contributed by atoms with Gasteiger partial charge < -0.3 is 4.74 Å². The smallest absolute Gasteiger partial charge is 0.418 e. The van der Waals surface area contributed by atoms with Gasteiger partial charge in [-0.2, -0.15) is 13.2 Å². The van der Waals surface area contributed by atoms with Crippen molar-refractivity contribution in [2.45, 2.75) is 24.4 Å². The lowest BCUT2D eigenvalue weighted by molar-refractivity contribution is -0.137. The maximum absolute atomic E-state index is 13.5. The molecule has 0 bridgehead atoms. The highest BCUT2D eigenvalue weighted by atomic mass is 35.5. The van der Waals surface area contributed by atoms with Gasteiger partial charge in [0.2, 0.25) is 0 Å². The minimum atomic E-state index is -4.77. The summed E-state index contributed by atoms with van der Waals surface area (Å²) in [6, 6.07) is 6.82. The fourth-order valence-electron chi connectivity index (χ4n) is 2.95. The number of hydrogen-bond acceptors (Lipinski definition) is 6. The van der Waals surface area contributed by atoms with E-state index in [1.807, 2.05) is 4.72 Å². The van der Waals surface area contributed by atoms with Crippen molar-refractivity contribution in [2.24, 2.45) is 0 Å². The number of carbonyl (C=O) groups excluding carboxylic acids is 1. The lowest BCUT2D eigenvalue weighted by atomic mass is 10.1. The number of alkyl halides is 3. The van der Waals surface area contributed by atoms with Crippen LogP contribution in [0.4, 0.5) is 13.2 Å². The summed E-state index contributed by atoms with van der Waals surface area (Å²) in [7, 11) is -3.16. The summed E-state index contributed by atoms with van der Waals surface area (Å²) in [5.41, 5.74) is -2.04. The fraction of sp³-hybridized carbons (Fsp3) is 0.211. The van der Waals surface area contributed by atoms with Crippen LogP contribution in [-0.4, -0.2) is 36.4 Å². The molecule has 0 aliphatic carbocycles. The van der Waals surface area contributed by atoms with E-state index in [9.17, 15) is 26.4 Å². The zero-order valence-electron chi connectivity index (χ0n) is 16.9. The average molecular weight is 523 g/mol. The van der Waals surface area contributed by atoms with E-state index >= 15 is 0 Å². The van der Waals surface area contributed by atoms with Gasteiger partial charge in [-0.15, -0.1) is 5.10 Å². The molecule has 3 rings (SSSR count). The molecule has 1 aromatic heterocycles. The van der Waals surface area contributed by atoms with E-state index in [4.69, 9.17) is 27.9 Å². The third-order valence-electron chi connectivity index (χ3n) is 4.46. The molecule has 2 aromatic carbocycles. The van der Waals surface area contributed by atoms with Gasteiger partial charge in [0.1, 0.15) is 10.6 Å². The first-order valence-electron chi connectivity index (χ1n) is 9.11. The molecule has 0 saturated carbocycles. The number of nitrogens with zero attached hydrogens (tertiary/aromatic N) is 3. The molecule has 14 heteroatoms. The molecule has 0 aliphatic rings. The predicted molar refractivity (Wildman–Crippen MR) is 113 cm³/mol. The van der Waals surface area contributed by atoms with Crippen LogP contribution in [0.25, 0.3) is 5.69 Å². The first kappa shape index (κ1) is 24.8. The van der Waals surface area contributed by atoms with Crippen LogP contribution in [-0.2, 0) is 22.6 Å². The molecular formula is C19H15Cl2F3N4O4S. The molecular weight excluding hydrogens is 508 g/mol. The second-order valence-electron chi connectivity index (χ2n) is 6.54. The van der Waals surface area contributed by atoms with Gasteiger partial charge in [-0.25, -0.2) is 17.8 Å². The number of benzene rings is 2. The van der Waals surface area contributed by atoms with E-state index in [0.29, 0.717) is 6.07 Å². The van der Waals surface area contributed by atoms with E-state index in [1.165, 1.54) is 25.3 Å². The van der Waals surface area contributed by atoms with Crippen LogP contribution in [0.2, 0.25) is 10.0 Å². The Balaban J connectivity index is 2.03. The summed E-state index contributed by atoms with van der Waals surface area (Å²) >= 11 is 11.7. The van der Waals surface area contributed by atoms with Crippen LogP contribution in [0, 0.1) is 0 Å². The lowest BCUT2D eigenvalue weighted by Crippen LogP contribution is -2.32. The van der Waals surface area contributed by atoms with Gasteiger partial charge in [0.15, 0.2) is 5.69 Å². The minimum absolute atomic E-state index is 0.00956. The molecule has 1 heterocycles. The topological polar surface area (TPSA) is 103 Å². The van der Waals surface area contributed by atoms with E-state index < -0.39 is 43.9 Å². The molecule has 176 valence electrons. The number of nitrogens with one attached hydrogen (secondary N) is 1. The standard InChI is InChI=1S/C19H15Cl2F3N4O4S/c1-3-14-17(18(29)26-33(30,31)16-9-11(32-2)5-6-13(16)21)25-27-28(14)15-7-4-10(20)8-12(15)19(22,23)24/h4-9H,3H2,1-2H3,(H,26,29). The van der Waals surface area contributed by atoms with Crippen molar-refractivity contribution in [1.82, 2.24) is 19.7 Å². The normalized spacial score (nSPS) is 12.0. The largest absolute Gasteiger partial charge is 0.497 e. The fourth-order valence-corrected chi connectivity index (χ4v) is 4.59. The van der Waals surface area contributed by atoms with Crippen molar-refractivity contribution in [2.75, 3.05) is 7.11 Å². The molecule has 1 amide bonds. The Bertz CT molecular complexity index is 1330. The van der Waals surface area contributed by atoms with E-state index in [0.717, 1.165) is 16.8 Å². The Kier molecular flexibility index (Phi) is 6.91. The molecule has 0 saturated heterocycles. The highest BCUT2D eigenvalue weighted by Gasteiger charge is 2.36. The van der Waals surface area contributed by atoms with Gasteiger partial charge in [-0.3, -0.25) is 4.79 Å². The summed E-state index contributed by atoms with van der Waals surface area (Å²) in [5.74, 6) is -1.02. The number of halogens is 5. The number of carbonyl (C=O) groups is 1. The van der Waals surface area contributed by atoms with Gasteiger partial charge in [0.25, 0.3) is 15.9 Å². The highest BCUT2D eigenvalue weighted by Crippen LogP contribution is 2.36. The van der Waals surface area contributed by atoms with Crippen molar-refractivity contribution in [3.05, 3.63) is 63.4 Å². The van der Waals surface area contributed by atoms with Crippen LogP contribution >= 0.6 is 23.2 Å². The van der Waals surface area contributed by atoms with Crippen molar-refractivity contribution in [1.29, 1.82) is 0 Å². The number of sulfonamides is 1. The number of amides is 1. The summed E-state index contributed by atoms with van der Waals surface area (Å²) in [6.45, 7) is 1.54. The van der Waals surface area contributed by atoms with Crippen molar-refractivity contribution < 1.29 is 31.1 Å². The van der Waals surface area contributed by atoms with Crippen molar-refractivity contribution >= 4 is 39.1 Å². The summed E-state index contributed by atoms with van der Waals surface area (Å²) in [6.07, 6.45) is -4.76. The number of rotatable bonds is 6. The molecule has 0 fully saturated rings. The number of hydrogen-bond donors (Lipinski definition) is 1. The lowest BCUT2D eigenvalue weighted by Gasteiger charge is -2.14. The zero-order chi connectivity index (χ0) is 24.6. The molecule has 0 spiro atoms. The SMILES string of the molecule is CCc1c(C(=O)NS(=O)(=O)c2cc(OC)ccc2Cl)nnn1-c1ccc(Cl)cc1C(F)(F)F. The molecule has 0 radical (unpaired) electrons. The van der Waals surface area contributed by atoms with Crippen molar-refractivity contribution in [3.8, 4) is 11.4 Å². The molecule has 33 heavy (non-hydrogen) atoms. The molecule has 1 N–H and O–H groups in total. The van der Waals surface area contributed by atoms with E-state index in [2.05, 4.69) is 10.3 Å². The van der Waals surface area contributed by atoms with Crippen molar-refractivity contribution in [3.63, 3.8) is 0 Å². The Morgan fingerprint density at radius 3 is 2.48 bits per heavy atom. The molecule has 8 nitrogen and oxygen atoms in total. The number of aromatic nitrogens is 3. The van der Waals surface area contributed by atoms with Crippen LogP contribution in [0.3, 0.4) is 0 Å². The predicted octanol–water partition coefficient (Wildman–Crippen LogP) is 4.28. The third-order valence-corrected chi connectivity index (χ3v) is 6.51. The summed E-state index contributed by atoms with van der Waals surface area (Å²) in [4.78, 5) is 12.3. The monoisotopic (exact) mass is 522 g/mol. The average Bonchev–Trinajstić information content (AvgIpc) is 3.17. The highest BCUT2D eigenvalue weighted by molar-refractivity contribution is 7.90. The quantitative estimate of drug-likeness (QED) is 0.518. The molecule has 0 aliphatic heterocycles. The van der Waals surface area contributed by atoms with Gasteiger partial charge in [0, 0.05) is 11.1 Å². The maximum atomic E-state index is 13.5. The maximum Gasteiger partial charge on any atom is 0.418 e. The molecule has 3 aromatic rings. The van der Waals surface area contributed by atoms with Crippen LogP contribution in [0.15, 0.2) is 41.3 Å². The van der Waals surface area contributed by atoms with Crippen LogP contribution < -0.4 is 9.46 Å². The van der Waals surface area contributed by atoms with E-state index in [1.54, 1.807) is 6.92 Å². The Morgan fingerprint density at radius 1 is 1.18 bits per heavy atom. The molecule has 0 atom stereocenters. The van der Waals surface area contributed by atoms with Crippen LogP contribution in [0.5, 0.6) is 5.75 Å². The second-order valence-corrected chi connectivity index (χ2v) is 9.03. The molecule has 0 unspecified atom stereocenters. The van der Waals surface area contributed by atoms with E-state index in [-0.39, 0.29) is 27.9 Å². The number of ether oxygens (including phenoxy) is 1. The Hall–Kier alpha value is -2.83. The Labute approximate surface area is 196 Å². The van der Waals surface area contributed by atoms with Gasteiger partial charge in [-0.1, -0.05) is 35.3 Å². The third kappa shape index (κ3) is 5.07. The van der Waals surface area contributed by atoms with Crippen LogP contribution in [0.1, 0.15) is 28.7 Å². The first-order chi connectivity index (χ1) is 15.4. The summed E-state index contributed by atoms with van der Waals surface area (Å²) < 4.78 is 73.6. The van der Waals surface area contributed by atoms with Gasteiger partial charge in [0.05, 0.1) is 29.1 Å². The van der Waals surface area contributed by atoms with Gasteiger partial charge >= 0.3 is 6.18 Å². The van der Waals surface area contributed by atoms with Gasteiger partial charge in [-0.05, 0) is 36.8 Å². The first-order valence-corrected chi connectivity index (χ1v) is 11.3. The second kappa shape index (κ2) is 9.20. The number of methoxy groups -OCH3 is 1. The summed E-state index contributed by atoms with van der Waals surface area (Å²) in [5, 5.41) is 6.95.